The maximum atomic E-state index is 13.7. The Kier molecular flexibility index (Phi) is 3.19. The lowest BCUT2D eigenvalue weighted by atomic mass is 10.2. The summed E-state index contributed by atoms with van der Waals surface area (Å²) in [7, 11) is 0. The molecule has 1 heterocycles. The summed E-state index contributed by atoms with van der Waals surface area (Å²) in [4.78, 5) is 12.0. The van der Waals surface area contributed by atoms with Gasteiger partial charge in [-0.1, -0.05) is 15.9 Å². The molecule has 0 aliphatic rings. The molecule has 0 fully saturated rings. The van der Waals surface area contributed by atoms with Crippen LogP contribution in [0.3, 0.4) is 0 Å². The van der Waals surface area contributed by atoms with Gasteiger partial charge in [0.15, 0.2) is 0 Å². The number of halogens is 2. The van der Waals surface area contributed by atoms with Gasteiger partial charge in [-0.05, 0) is 39.0 Å². The molecule has 0 aliphatic carbocycles. The van der Waals surface area contributed by atoms with E-state index < -0.39 is 11.7 Å². The lowest BCUT2D eigenvalue weighted by Crippen LogP contribution is -2.26. The van der Waals surface area contributed by atoms with Crippen LogP contribution in [0.4, 0.5) is 9.18 Å². The number of carbonyl (C=O) groups is 1. The Bertz CT molecular complexity index is 613. The molecule has 0 aliphatic heterocycles. The molecule has 1 aromatic heterocycles. The monoisotopic (exact) mass is 313 g/mol. The fraction of sp³-hybridized carbons (Fsp3) is 0.308. The molecule has 18 heavy (non-hydrogen) atoms. The minimum atomic E-state index is -0.585. The first-order chi connectivity index (χ1) is 8.28. The van der Waals surface area contributed by atoms with Gasteiger partial charge >= 0.3 is 6.09 Å². The minimum absolute atomic E-state index is 0.373. The normalized spacial score (nSPS) is 11.8. The number of hydrogen-bond donors (Lipinski definition) is 0. The molecular formula is C13H13BrFNO2. The van der Waals surface area contributed by atoms with Gasteiger partial charge < -0.3 is 4.74 Å². The van der Waals surface area contributed by atoms with E-state index >= 15 is 0 Å². The van der Waals surface area contributed by atoms with Crippen LogP contribution in [-0.4, -0.2) is 16.3 Å². The summed E-state index contributed by atoms with van der Waals surface area (Å²) in [5.41, 5.74) is -0.103. The van der Waals surface area contributed by atoms with Crippen LogP contribution in [0.25, 0.3) is 10.9 Å². The molecule has 5 heteroatoms. The zero-order chi connectivity index (χ0) is 13.5. The Morgan fingerprint density at radius 1 is 1.39 bits per heavy atom. The molecule has 0 N–H and O–H groups in total. The van der Waals surface area contributed by atoms with E-state index in [1.165, 1.54) is 16.8 Å². The second-order valence-corrected chi connectivity index (χ2v) is 5.90. The second-order valence-electron chi connectivity index (χ2n) is 4.99. The van der Waals surface area contributed by atoms with Crippen molar-refractivity contribution in [3.8, 4) is 0 Å². The molecule has 0 bridgehead atoms. The van der Waals surface area contributed by atoms with Crippen molar-refractivity contribution in [3.05, 3.63) is 34.7 Å². The molecule has 0 atom stereocenters. The standard InChI is InChI=1S/C13H13BrFNO2/c1-13(2,3)18-12(17)16-5-4-9-10(15)6-8(14)7-11(9)16/h4-7H,1-3H3. The fourth-order valence-corrected chi connectivity index (χ4v) is 2.05. The van der Waals surface area contributed by atoms with Gasteiger partial charge in [0.25, 0.3) is 0 Å². The Morgan fingerprint density at radius 2 is 2.06 bits per heavy atom. The van der Waals surface area contributed by atoms with Crippen molar-refractivity contribution in [2.24, 2.45) is 0 Å². The topological polar surface area (TPSA) is 31.2 Å². The van der Waals surface area contributed by atoms with E-state index in [-0.39, 0.29) is 5.82 Å². The van der Waals surface area contributed by atoms with Crippen LogP contribution >= 0.6 is 15.9 Å². The number of hydrogen-bond acceptors (Lipinski definition) is 2. The van der Waals surface area contributed by atoms with E-state index in [4.69, 9.17) is 4.74 Å². The molecule has 0 saturated carbocycles. The quantitative estimate of drug-likeness (QED) is 0.725. The number of fused-ring (bicyclic) bond motifs is 1. The van der Waals surface area contributed by atoms with Crippen LogP contribution in [0.15, 0.2) is 28.9 Å². The molecule has 0 unspecified atom stereocenters. The van der Waals surface area contributed by atoms with E-state index in [1.54, 1.807) is 32.9 Å². The highest BCUT2D eigenvalue weighted by Crippen LogP contribution is 2.25. The molecule has 2 aromatic rings. The predicted molar refractivity (Wildman–Crippen MR) is 71.2 cm³/mol. The zero-order valence-electron chi connectivity index (χ0n) is 10.3. The van der Waals surface area contributed by atoms with E-state index in [0.29, 0.717) is 15.4 Å². The fourth-order valence-electron chi connectivity index (χ4n) is 1.64. The summed E-state index contributed by atoms with van der Waals surface area (Å²) < 4.78 is 20.8. The van der Waals surface area contributed by atoms with Crippen molar-refractivity contribution in [1.29, 1.82) is 0 Å². The number of ether oxygens (including phenoxy) is 1. The van der Waals surface area contributed by atoms with Gasteiger partial charge in [0, 0.05) is 16.1 Å². The van der Waals surface area contributed by atoms with Gasteiger partial charge in [-0.2, -0.15) is 0 Å². The highest BCUT2D eigenvalue weighted by molar-refractivity contribution is 9.10. The largest absolute Gasteiger partial charge is 0.443 e. The molecule has 0 spiro atoms. The van der Waals surface area contributed by atoms with E-state index in [1.807, 2.05) is 0 Å². The van der Waals surface area contributed by atoms with E-state index in [9.17, 15) is 9.18 Å². The number of aromatic nitrogens is 1. The Hall–Kier alpha value is -1.36. The summed E-state index contributed by atoms with van der Waals surface area (Å²) in [5.74, 6) is -0.373. The van der Waals surface area contributed by atoms with Crippen LogP contribution in [0, 0.1) is 5.82 Å². The third kappa shape index (κ3) is 2.56. The summed E-state index contributed by atoms with van der Waals surface area (Å²) in [5, 5.41) is 0.393. The Morgan fingerprint density at radius 3 is 2.67 bits per heavy atom. The van der Waals surface area contributed by atoms with Crippen LogP contribution < -0.4 is 0 Å². The maximum absolute atomic E-state index is 13.7. The maximum Gasteiger partial charge on any atom is 0.418 e. The van der Waals surface area contributed by atoms with Crippen LogP contribution in [-0.2, 0) is 4.74 Å². The third-order valence-corrected chi connectivity index (χ3v) is 2.77. The summed E-state index contributed by atoms with van der Waals surface area (Å²) in [6.07, 6.45) is 0.990. The Balaban J connectivity index is 2.49. The van der Waals surface area contributed by atoms with Crippen molar-refractivity contribution in [3.63, 3.8) is 0 Å². The molecular weight excluding hydrogens is 301 g/mol. The molecule has 2 rings (SSSR count). The summed E-state index contributed by atoms with van der Waals surface area (Å²) in [6, 6.07) is 4.60. The summed E-state index contributed by atoms with van der Waals surface area (Å²) >= 11 is 3.21. The average molecular weight is 314 g/mol. The average Bonchev–Trinajstić information content (AvgIpc) is 2.58. The number of carbonyl (C=O) groups excluding carboxylic acids is 1. The molecule has 3 nitrogen and oxygen atoms in total. The predicted octanol–water partition coefficient (Wildman–Crippen LogP) is 4.33. The first kappa shape index (κ1) is 13.1. The SMILES string of the molecule is CC(C)(C)OC(=O)n1ccc2c(F)cc(Br)cc21. The van der Waals surface area contributed by atoms with Crippen molar-refractivity contribution in [2.75, 3.05) is 0 Å². The van der Waals surface area contributed by atoms with Gasteiger partial charge in [0.2, 0.25) is 0 Å². The van der Waals surface area contributed by atoms with Crippen molar-refractivity contribution < 1.29 is 13.9 Å². The zero-order valence-corrected chi connectivity index (χ0v) is 11.9. The van der Waals surface area contributed by atoms with Crippen LogP contribution in [0.2, 0.25) is 0 Å². The number of rotatable bonds is 0. The first-order valence-electron chi connectivity index (χ1n) is 5.47. The van der Waals surface area contributed by atoms with Gasteiger partial charge in [-0.15, -0.1) is 0 Å². The Labute approximate surface area is 113 Å². The highest BCUT2D eigenvalue weighted by Gasteiger charge is 2.19. The highest BCUT2D eigenvalue weighted by atomic mass is 79.9. The van der Waals surface area contributed by atoms with Crippen molar-refractivity contribution >= 4 is 32.9 Å². The van der Waals surface area contributed by atoms with Gasteiger partial charge in [0.05, 0.1) is 5.52 Å². The van der Waals surface area contributed by atoms with Gasteiger partial charge in [-0.3, -0.25) is 4.57 Å². The van der Waals surface area contributed by atoms with Crippen LogP contribution in [0.1, 0.15) is 20.8 Å². The van der Waals surface area contributed by atoms with E-state index in [2.05, 4.69) is 15.9 Å². The number of nitrogens with zero attached hydrogens (tertiary/aromatic N) is 1. The molecule has 96 valence electrons. The number of benzene rings is 1. The lowest BCUT2D eigenvalue weighted by molar-refractivity contribution is 0.0544. The van der Waals surface area contributed by atoms with Gasteiger partial charge in [-0.25, -0.2) is 9.18 Å². The molecule has 0 amide bonds. The second kappa shape index (κ2) is 4.39. The summed E-state index contributed by atoms with van der Waals surface area (Å²) in [6.45, 7) is 5.35. The van der Waals surface area contributed by atoms with Crippen molar-refractivity contribution in [2.45, 2.75) is 26.4 Å². The molecule has 0 saturated heterocycles. The smallest absolute Gasteiger partial charge is 0.418 e. The van der Waals surface area contributed by atoms with Crippen LogP contribution in [0.5, 0.6) is 0 Å². The van der Waals surface area contributed by atoms with Gasteiger partial charge in [0.1, 0.15) is 11.4 Å². The molecule has 0 radical (unpaired) electrons. The third-order valence-electron chi connectivity index (χ3n) is 2.31. The van der Waals surface area contributed by atoms with E-state index in [0.717, 1.165) is 0 Å². The van der Waals surface area contributed by atoms with Crippen molar-refractivity contribution in [1.82, 2.24) is 4.57 Å². The minimum Gasteiger partial charge on any atom is -0.443 e. The lowest BCUT2D eigenvalue weighted by Gasteiger charge is -2.19. The molecule has 1 aromatic carbocycles. The first-order valence-corrected chi connectivity index (χ1v) is 6.27.